The second kappa shape index (κ2) is 8.11. The molecule has 134 valence electrons. The van der Waals surface area contributed by atoms with E-state index in [0.717, 1.165) is 50.6 Å². The smallest absolute Gasteiger partial charge is 0.272 e. The molecule has 0 radical (unpaired) electrons. The van der Waals surface area contributed by atoms with Gasteiger partial charge in [0.25, 0.3) is 5.91 Å². The molecule has 1 aromatic heterocycles. The lowest BCUT2D eigenvalue weighted by molar-refractivity contribution is 0.0643. The summed E-state index contributed by atoms with van der Waals surface area (Å²) in [4.78, 5) is 21.7. The van der Waals surface area contributed by atoms with Crippen LogP contribution in [0.1, 0.15) is 70.1 Å². The Labute approximate surface area is 147 Å². The maximum absolute atomic E-state index is 12.7. The van der Waals surface area contributed by atoms with Crippen LogP contribution in [0, 0.1) is 5.92 Å². The van der Waals surface area contributed by atoms with Crippen molar-refractivity contribution >= 4 is 5.91 Å². The topological polar surface area (TPSA) is 36.4 Å². The summed E-state index contributed by atoms with van der Waals surface area (Å²) in [5.74, 6) is 0.926. The van der Waals surface area contributed by atoms with Crippen LogP contribution in [0.15, 0.2) is 18.2 Å². The molecule has 24 heavy (non-hydrogen) atoms. The van der Waals surface area contributed by atoms with Gasteiger partial charge in [0.1, 0.15) is 5.69 Å². The zero-order chi connectivity index (χ0) is 17.7. The first-order valence-electron chi connectivity index (χ1n) is 9.50. The van der Waals surface area contributed by atoms with Gasteiger partial charge in [0, 0.05) is 31.7 Å². The minimum atomic E-state index is -0.0411. The normalized spacial score (nSPS) is 20.3. The molecule has 2 fully saturated rings. The number of amides is 1. The average Bonchev–Trinajstić information content (AvgIpc) is 2.91. The molecule has 2 aliphatic heterocycles. The van der Waals surface area contributed by atoms with E-state index in [4.69, 9.17) is 0 Å². The molecule has 0 spiro atoms. The third-order valence-electron chi connectivity index (χ3n) is 5.17. The summed E-state index contributed by atoms with van der Waals surface area (Å²) in [6.45, 7) is 14.6. The summed E-state index contributed by atoms with van der Waals surface area (Å²) in [5, 5.41) is 0. The molecule has 0 aliphatic carbocycles. The van der Waals surface area contributed by atoms with Crippen molar-refractivity contribution in [3.63, 3.8) is 0 Å². The third kappa shape index (κ3) is 4.15. The van der Waals surface area contributed by atoms with Gasteiger partial charge in [-0.3, -0.25) is 9.69 Å². The van der Waals surface area contributed by atoms with Crippen molar-refractivity contribution in [2.45, 2.75) is 66.0 Å². The van der Waals surface area contributed by atoms with E-state index in [1.807, 2.05) is 36.9 Å². The molecule has 0 N–H and O–H groups in total. The molecular formula is C20H33N3O. The fourth-order valence-corrected chi connectivity index (χ4v) is 3.60. The van der Waals surface area contributed by atoms with E-state index in [2.05, 4.69) is 30.7 Å². The SMILES string of the molecule is CC.CCC1CN(Cc2cccc(C(=O)N3CCCC3(C)C)n2)C1. The van der Waals surface area contributed by atoms with Crippen molar-refractivity contribution < 1.29 is 4.79 Å². The van der Waals surface area contributed by atoms with Crippen LogP contribution in [0.25, 0.3) is 0 Å². The molecule has 3 rings (SSSR count). The van der Waals surface area contributed by atoms with E-state index in [0.29, 0.717) is 5.69 Å². The van der Waals surface area contributed by atoms with Gasteiger partial charge >= 0.3 is 0 Å². The lowest BCUT2D eigenvalue weighted by atomic mass is 9.97. The molecule has 0 unspecified atom stereocenters. The Balaban J connectivity index is 0.00000100. The molecule has 4 nitrogen and oxygen atoms in total. The third-order valence-corrected chi connectivity index (χ3v) is 5.17. The standard InChI is InChI=1S/C18H27N3O.C2H6/c1-4-14-11-20(12-14)13-15-7-5-8-16(19-15)17(22)21-10-6-9-18(21,2)3;1-2/h5,7-8,14H,4,6,9-13H2,1-3H3;1-2H3. The van der Waals surface area contributed by atoms with E-state index >= 15 is 0 Å². The van der Waals surface area contributed by atoms with E-state index in [9.17, 15) is 4.79 Å². The van der Waals surface area contributed by atoms with Gasteiger partial charge in [0.05, 0.1) is 5.69 Å². The first-order chi connectivity index (χ1) is 11.5. The fourth-order valence-electron chi connectivity index (χ4n) is 3.60. The van der Waals surface area contributed by atoms with Crippen molar-refractivity contribution in [1.82, 2.24) is 14.8 Å². The van der Waals surface area contributed by atoms with Crippen LogP contribution >= 0.6 is 0 Å². The number of aromatic nitrogens is 1. The van der Waals surface area contributed by atoms with Crippen molar-refractivity contribution in [2.24, 2.45) is 5.92 Å². The molecule has 1 amide bonds. The summed E-state index contributed by atoms with van der Waals surface area (Å²) in [6, 6.07) is 5.85. The zero-order valence-electron chi connectivity index (χ0n) is 16.0. The largest absolute Gasteiger partial charge is 0.332 e. The van der Waals surface area contributed by atoms with E-state index in [-0.39, 0.29) is 11.4 Å². The van der Waals surface area contributed by atoms with Crippen LogP contribution < -0.4 is 0 Å². The molecular weight excluding hydrogens is 298 g/mol. The van der Waals surface area contributed by atoms with Gasteiger partial charge in [0.15, 0.2) is 0 Å². The van der Waals surface area contributed by atoms with Crippen molar-refractivity contribution in [3.8, 4) is 0 Å². The van der Waals surface area contributed by atoms with Gasteiger partial charge < -0.3 is 4.90 Å². The minimum Gasteiger partial charge on any atom is -0.332 e. The number of carbonyl (C=O) groups is 1. The van der Waals surface area contributed by atoms with E-state index in [1.165, 1.54) is 6.42 Å². The number of nitrogens with zero attached hydrogens (tertiary/aromatic N) is 3. The Morgan fingerprint density at radius 3 is 2.58 bits per heavy atom. The molecule has 0 saturated carbocycles. The Kier molecular flexibility index (Phi) is 6.39. The first-order valence-corrected chi connectivity index (χ1v) is 9.50. The summed E-state index contributed by atoms with van der Waals surface area (Å²) in [6.07, 6.45) is 3.42. The molecule has 0 aromatic carbocycles. The van der Waals surface area contributed by atoms with Crippen LogP contribution in [0.3, 0.4) is 0 Å². The molecule has 2 saturated heterocycles. The molecule has 3 heterocycles. The highest BCUT2D eigenvalue weighted by atomic mass is 16.2. The van der Waals surface area contributed by atoms with E-state index < -0.39 is 0 Å². The van der Waals surface area contributed by atoms with Gasteiger partial charge in [-0.05, 0) is 44.7 Å². The fraction of sp³-hybridized carbons (Fsp3) is 0.700. The number of hydrogen-bond acceptors (Lipinski definition) is 3. The van der Waals surface area contributed by atoms with Gasteiger partial charge in [0.2, 0.25) is 0 Å². The Morgan fingerprint density at radius 1 is 1.29 bits per heavy atom. The summed E-state index contributed by atoms with van der Waals surface area (Å²) in [7, 11) is 0. The average molecular weight is 332 g/mol. The Hall–Kier alpha value is -1.42. The summed E-state index contributed by atoms with van der Waals surface area (Å²) in [5.41, 5.74) is 1.57. The van der Waals surface area contributed by atoms with Crippen LogP contribution in [0.5, 0.6) is 0 Å². The van der Waals surface area contributed by atoms with Gasteiger partial charge in [-0.2, -0.15) is 0 Å². The maximum atomic E-state index is 12.7. The lowest BCUT2D eigenvalue weighted by Crippen LogP contribution is -2.45. The summed E-state index contributed by atoms with van der Waals surface area (Å²) < 4.78 is 0. The number of pyridine rings is 1. The highest BCUT2D eigenvalue weighted by molar-refractivity contribution is 5.93. The van der Waals surface area contributed by atoms with Crippen LogP contribution in [0.4, 0.5) is 0 Å². The van der Waals surface area contributed by atoms with Gasteiger partial charge in [-0.15, -0.1) is 0 Å². The van der Waals surface area contributed by atoms with Crippen LogP contribution in [-0.4, -0.2) is 45.9 Å². The predicted octanol–water partition coefficient (Wildman–Crippen LogP) is 3.96. The molecule has 0 atom stereocenters. The quantitative estimate of drug-likeness (QED) is 0.838. The minimum absolute atomic E-state index is 0.0411. The van der Waals surface area contributed by atoms with Crippen molar-refractivity contribution in [3.05, 3.63) is 29.6 Å². The molecule has 4 heteroatoms. The van der Waals surface area contributed by atoms with Gasteiger partial charge in [-0.1, -0.05) is 33.3 Å². The maximum Gasteiger partial charge on any atom is 0.272 e. The highest BCUT2D eigenvalue weighted by Crippen LogP contribution is 2.29. The van der Waals surface area contributed by atoms with Crippen LogP contribution in [0.2, 0.25) is 0 Å². The monoisotopic (exact) mass is 331 g/mol. The van der Waals surface area contributed by atoms with Crippen molar-refractivity contribution in [2.75, 3.05) is 19.6 Å². The zero-order valence-corrected chi connectivity index (χ0v) is 16.0. The van der Waals surface area contributed by atoms with Crippen molar-refractivity contribution in [1.29, 1.82) is 0 Å². The first kappa shape index (κ1) is 18.9. The second-order valence-electron chi connectivity index (χ2n) is 7.36. The molecule has 1 aromatic rings. The lowest BCUT2D eigenvalue weighted by Gasteiger charge is -2.38. The second-order valence-corrected chi connectivity index (χ2v) is 7.36. The Bertz CT molecular complexity index is 550. The summed E-state index contributed by atoms with van der Waals surface area (Å²) >= 11 is 0. The van der Waals surface area contributed by atoms with Crippen LogP contribution in [-0.2, 0) is 6.54 Å². The van der Waals surface area contributed by atoms with E-state index in [1.54, 1.807) is 0 Å². The Morgan fingerprint density at radius 2 is 2.00 bits per heavy atom. The molecule has 2 aliphatic rings. The number of likely N-dealkylation sites (tertiary alicyclic amines) is 2. The number of carbonyl (C=O) groups excluding carboxylic acids is 1. The predicted molar refractivity (Wildman–Crippen MR) is 99.0 cm³/mol. The number of rotatable bonds is 4. The highest BCUT2D eigenvalue weighted by Gasteiger charge is 2.36. The molecule has 0 bridgehead atoms. The van der Waals surface area contributed by atoms with Gasteiger partial charge in [-0.25, -0.2) is 4.98 Å². The number of hydrogen-bond donors (Lipinski definition) is 0.